The van der Waals surface area contributed by atoms with Gasteiger partial charge in [-0.05, 0) is 12.1 Å². The quantitative estimate of drug-likeness (QED) is 0.882. The van der Waals surface area contributed by atoms with E-state index < -0.39 is 0 Å². The van der Waals surface area contributed by atoms with E-state index in [2.05, 4.69) is 0 Å². The molecule has 1 aromatic rings. The van der Waals surface area contributed by atoms with Crippen LogP contribution in [0.4, 0.5) is 0 Å². The second-order valence-electron chi connectivity index (χ2n) is 4.17. The third-order valence-electron chi connectivity index (χ3n) is 3.11. The summed E-state index contributed by atoms with van der Waals surface area (Å²) in [5.41, 5.74) is 7.04. The summed E-state index contributed by atoms with van der Waals surface area (Å²) < 4.78 is 21.4. The standard InChI is InChI=1S/C14H19NO4/c1-16-11-8-13(18-3)12(17-2)7-9(11)14(15)10-5-4-6-19-10/h5,7-8,14H,4,6,15H2,1-3H3. The Hall–Kier alpha value is -1.88. The lowest BCUT2D eigenvalue weighted by molar-refractivity contribution is 0.224. The summed E-state index contributed by atoms with van der Waals surface area (Å²) in [4.78, 5) is 0. The smallest absolute Gasteiger partial charge is 0.164 e. The molecule has 2 N–H and O–H groups in total. The Morgan fingerprint density at radius 2 is 1.68 bits per heavy atom. The maximum absolute atomic E-state index is 6.22. The number of methoxy groups -OCH3 is 3. The molecule has 0 aromatic heterocycles. The second kappa shape index (κ2) is 5.84. The van der Waals surface area contributed by atoms with Crippen LogP contribution in [0.15, 0.2) is 24.0 Å². The molecule has 0 aliphatic carbocycles. The number of hydrogen-bond donors (Lipinski definition) is 1. The normalized spacial score (nSPS) is 15.5. The summed E-state index contributed by atoms with van der Waals surface area (Å²) in [6, 6.07) is 3.23. The molecule has 0 radical (unpaired) electrons. The maximum Gasteiger partial charge on any atom is 0.164 e. The van der Waals surface area contributed by atoms with Gasteiger partial charge < -0.3 is 24.7 Å². The number of benzene rings is 1. The van der Waals surface area contributed by atoms with Crippen LogP contribution in [-0.4, -0.2) is 27.9 Å². The number of rotatable bonds is 5. The van der Waals surface area contributed by atoms with Gasteiger partial charge in [0.1, 0.15) is 11.5 Å². The molecule has 2 rings (SSSR count). The molecule has 104 valence electrons. The Bertz CT molecular complexity index is 485. The van der Waals surface area contributed by atoms with Crippen LogP contribution in [0.2, 0.25) is 0 Å². The van der Waals surface area contributed by atoms with E-state index in [1.54, 1.807) is 27.4 Å². The SMILES string of the molecule is COc1cc(OC)c(C(N)C2=CCCO2)cc1OC. The van der Waals surface area contributed by atoms with Crippen molar-refractivity contribution in [2.24, 2.45) is 5.73 Å². The van der Waals surface area contributed by atoms with E-state index >= 15 is 0 Å². The molecular weight excluding hydrogens is 246 g/mol. The predicted octanol–water partition coefficient (Wildman–Crippen LogP) is 2.02. The van der Waals surface area contributed by atoms with Crippen molar-refractivity contribution in [3.8, 4) is 17.2 Å². The Morgan fingerprint density at radius 1 is 1.05 bits per heavy atom. The monoisotopic (exact) mass is 265 g/mol. The highest BCUT2D eigenvalue weighted by molar-refractivity contribution is 5.53. The van der Waals surface area contributed by atoms with Gasteiger partial charge in [-0.15, -0.1) is 0 Å². The maximum atomic E-state index is 6.22. The fraction of sp³-hybridized carbons (Fsp3) is 0.429. The van der Waals surface area contributed by atoms with Crippen molar-refractivity contribution in [2.45, 2.75) is 12.5 Å². The molecule has 1 aliphatic heterocycles. The van der Waals surface area contributed by atoms with E-state index in [9.17, 15) is 0 Å². The highest BCUT2D eigenvalue weighted by atomic mass is 16.5. The van der Waals surface area contributed by atoms with Crippen molar-refractivity contribution >= 4 is 0 Å². The van der Waals surface area contributed by atoms with Gasteiger partial charge in [-0.3, -0.25) is 0 Å². The molecule has 1 aromatic carbocycles. The Balaban J connectivity index is 2.42. The van der Waals surface area contributed by atoms with Gasteiger partial charge in [-0.1, -0.05) is 0 Å². The zero-order valence-electron chi connectivity index (χ0n) is 11.4. The molecule has 1 aliphatic rings. The number of ether oxygens (including phenoxy) is 4. The van der Waals surface area contributed by atoms with Gasteiger partial charge in [0, 0.05) is 18.1 Å². The van der Waals surface area contributed by atoms with Gasteiger partial charge in [-0.25, -0.2) is 0 Å². The summed E-state index contributed by atoms with van der Waals surface area (Å²) in [5.74, 6) is 2.65. The van der Waals surface area contributed by atoms with E-state index in [-0.39, 0.29) is 6.04 Å². The van der Waals surface area contributed by atoms with Crippen LogP contribution in [0.5, 0.6) is 17.2 Å². The van der Waals surface area contributed by atoms with Crippen LogP contribution >= 0.6 is 0 Å². The molecule has 1 heterocycles. The van der Waals surface area contributed by atoms with Crippen molar-refractivity contribution < 1.29 is 18.9 Å². The summed E-state index contributed by atoms with van der Waals surface area (Å²) >= 11 is 0. The first kappa shape index (κ1) is 13.5. The first-order chi connectivity index (χ1) is 9.21. The minimum Gasteiger partial charge on any atom is -0.496 e. The lowest BCUT2D eigenvalue weighted by Gasteiger charge is -2.19. The van der Waals surface area contributed by atoms with Crippen LogP contribution in [0.25, 0.3) is 0 Å². The molecule has 5 heteroatoms. The molecular formula is C14H19NO4. The first-order valence-electron chi connectivity index (χ1n) is 6.09. The van der Waals surface area contributed by atoms with Crippen LogP contribution in [-0.2, 0) is 4.74 Å². The van der Waals surface area contributed by atoms with E-state index in [1.165, 1.54) is 0 Å². The molecule has 0 bridgehead atoms. The number of hydrogen-bond acceptors (Lipinski definition) is 5. The summed E-state index contributed by atoms with van der Waals surface area (Å²) in [7, 11) is 4.77. The molecule has 0 saturated carbocycles. The van der Waals surface area contributed by atoms with Crippen LogP contribution in [0.1, 0.15) is 18.0 Å². The van der Waals surface area contributed by atoms with Gasteiger partial charge in [0.05, 0.1) is 34.0 Å². The van der Waals surface area contributed by atoms with Crippen molar-refractivity contribution in [3.05, 3.63) is 29.5 Å². The van der Waals surface area contributed by atoms with Gasteiger partial charge >= 0.3 is 0 Å². The zero-order chi connectivity index (χ0) is 13.8. The van der Waals surface area contributed by atoms with Crippen molar-refractivity contribution in [1.29, 1.82) is 0 Å². The fourth-order valence-electron chi connectivity index (χ4n) is 2.10. The largest absolute Gasteiger partial charge is 0.496 e. The van der Waals surface area contributed by atoms with Gasteiger partial charge in [0.2, 0.25) is 0 Å². The van der Waals surface area contributed by atoms with Crippen LogP contribution in [0.3, 0.4) is 0 Å². The summed E-state index contributed by atoms with van der Waals surface area (Å²) in [6.07, 6.45) is 2.89. The predicted molar refractivity (Wildman–Crippen MR) is 71.7 cm³/mol. The van der Waals surface area contributed by atoms with E-state index in [4.69, 9.17) is 24.7 Å². The zero-order valence-corrected chi connectivity index (χ0v) is 11.4. The fourth-order valence-corrected chi connectivity index (χ4v) is 2.10. The van der Waals surface area contributed by atoms with E-state index in [0.29, 0.717) is 23.9 Å². The Labute approximate surface area is 112 Å². The van der Waals surface area contributed by atoms with Gasteiger partial charge in [0.25, 0.3) is 0 Å². The second-order valence-corrected chi connectivity index (χ2v) is 4.17. The minimum absolute atomic E-state index is 0.364. The third-order valence-corrected chi connectivity index (χ3v) is 3.11. The highest BCUT2D eigenvalue weighted by Crippen LogP contribution is 2.39. The van der Waals surface area contributed by atoms with Crippen LogP contribution in [0, 0.1) is 0 Å². The Morgan fingerprint density at radius 3 is 2.21 bits per heavy atom. The first-order valence-corrected chi connectivity index (χ1v) is 6.09. The molecule has 1 unspecified atom stereocenters. The molecule has 0 spiro atoms. The minimum atomic E-state index is -0.364. The molecule has 0 amide bonds. The van der Waals surface area contributed by atoms with Crippen LogP contribution < -0.4 is 19.9 Å². The topological polar surface area (TPSA) is 62.9 Å². The molecule has 0 saturated heterocycles. The Kier molecular flexibility index (Phi) is 4.16. The van der Waals surface area contributed by atoms with Gasteiger partial charge in [0.15, 0.2) is 11.5 Å². The molecule has 0 fully saturated rings. The number of nitrogens with two attached hydrogens (primary N) is 1. The third kappa shape index (κ3) is 2.61. The van der Waals surface area contributed by atoms with Crippen molar-refractivity contribution in [1.82, 2.24) is 0 Å². The highest BCUT2D eigenvalue weighted by Gasteiger charge is 2.22. The lowest BCUT2D eigenvalue weighted by Crippen LogP contribution is -2.15. The average Bonchev–Trinajstić information content (AvgIpc) is 2.99. The van der Waals surface area contributed by atoms with E-state index in [1.807, 2.05) is 12.1 Å². The van der Waals surface area contributed by atoms with Gasteiger partial charge in [-0.2, -0.15) is 0 Å². The molecule has 1 atom stereocenters. The van der Waals surface area contributed by atoms with Crippen molar-refractivity contribution in [2.75, 3.05) is 27.9 Å². The average molecular weight is 265 g/mol. The molecule has 5 nitrogen and oxygen atoms in total. The lowest BCUT2D eigenvalue weighted by atomic mass is 10.0. The van der Waals surface area contributed by atoms with E-state index in [0.717, 1.165) is 17.7 Å². The molecule has 19 heavy (non-hydrogen) atoms. The summed E-state index contributed by atoms with van der Waals surface area (Å²) in [5, 5.41) is 0. The summed E-state index contributed by atoms with van der Waals surface area (Å²) in [6.45, 7) is 0.679. The van der Waals surface area contributed by atoms with Crippen molar-refractivity contribution in [3.63, 3.8) is 0 Å².